The quantitative estimate of drug-likeness (QED) is 0.577. The zero-order valence-electron chi connectivity index (χ0n) is 16.6. The van der Waals surface area contributed by atoms with Gasteiger partial charge in [-0.25, -0.2) is 9.59 Å². The normalized spacial score (nSPS) is 10.2. The molecule has 0 aliphatic heterocycles. The number of para-hydroxylation sites is 1. The van der Waals surface area contributed by atoms with Crippen LogP contribution < -0.4 is 10.1 Å². The van der Waals surface area contributed by atoms with Gasteiger partial charge in [-0.3, -0.25) is 4.79 Å². The Morgan fingerprint density at radius 2 is 1.53 bits per heavy atom. The van der Waals surface area contributed by atoms with E-state index in [1.807, 2.05) is 18.2 Å². The van der Waals surface area contributed by atoms with Crippen molar-refractivity contribution < 1.29 is 28.6 Å². The molecule has 3 rings (SSSR count). The maximum absolute atomic E-state index is 12.8. The van der Waals surface area contributed by atoms with E-state index in [2.05, 4.69) is 5.32 Å². The van der Waals surface area contributed by atoms with Gasteiger partial charge in [0.15, 0.2) is 0 Å². The number of nitrogens with one attached hydrogen (secondary N) is 1. The Kier molecular flexibility index (Phi) is 6.48. The fourth-order valence-electron chi connectivity index (χ4n) is 2.74. The van der Waals surface area contributed by atoms with Gasteiger partial charge in [-0.15, -0.1) is 11.3 Å². The zero-order chi connectivity index (χ0) is 21.7. The third kappa shape index (κ3) is 4.49. The van der Waals surface area contributed by atoms with E-state index in [0.717, 1.165) is 11.3 Å². The minimum absolute atomic E-state index is 0.118. The molecule has 1 aromatic heterocycles. The number of anilines is 1. The number of benzene rings is 2. The van der Waals surface area contributed by atoms with Gasteiger partial charge in [-0.2, -0.15) is 0 Å². The first-order valence-corrected chi connectivity index (χ1v) is 9.70. The Morgan fingerprint density at radius 3 is 2.20 bits per heavy atom. The van der Waals surface area contributed by atoms with Crippen LogP contribution in [-0.2, 0) is 9.47 Å². The highest BCUT2D eigenvalue weighted by Crippen LogP contribution is 2.34. The number of rotatable bonds is 6. The molecule has 2 aromatic carbocycles. The second-order valence-electron chi connectivity index (χ2n) is 6.14. The molecule has 1 N–H and O–H groups in total. The first-order valence-electron chi connectivity index (χ1n) is 8.89. The molecule has 0 saturated carbocycles. The van der Waals surface area contributed by atoms with Gasteiger partial charge in [0.2, 0.25) is 0 Å². The Hall–Kier alpha value is -3.65. The Labute approximate surface area is 177 Å². The molecule has 154 valence electrons. The lowest BCUT2D eigenvalue weighted by Gasteiger charge is -2.09. The molecule has 30 heavy (non-hydrogen) atoms. The molecule has 0 atom stereocenters. The number of esters is 2. The van der Waals surface area contributed by atoms with Crippen molar-refractivity contribution in [1.82, 2.24) is 0 Å². The van der Waals surface area contributed by atoms with Gasteiger partial charge in [-0.05, 0) is 42.8 Å². The second kappa shape index (κ2) is 9.23. The van der Waals surface area contributed by atoms with Gasteiger partial charge in [0, 0.05) is 5.56 Å². The summed E-state index contributed by atoms with van der Waals surface area (Å²) >= 11 is 0.954. The highest BCUT2D eigenvalue weighted by atomic mass is 32.1. The van der Waals surface area contributed by atoms with Crippen LogP contribution in [0.1, 0.15) is 36.0 Å². The number of amides is 1. The smallest absolute Gasteiger partial charge is 0.348 e. The fourth-order valence-corrected chi connectivity index (χ4v) is 3.85. The van der Waals surface area contributed by atoms with E-state index in [0.29, 0.717) is 22.6 Å². The summed E-state index contributed by atoms with van der Waals surface area (Å²) in [6, 6.07) is 15.8. The highest BCUT2D eigenvalue weighted by Gasteiger charge is 2.27. The molecule has 1 heterocycles. The standard InChI is InChI=1S/C22H19NO6S/c1-13-17(21(25)27-2)20(30-18(13)22(26)28-3)23-19(24)14-8-7-11-16(12-14)29-15-9-5-4-6-10-15/h4-12H,1-3H3,(H,23,24). The van der Waals surface area contributed by atoms with Crippen LogP contribution in [0.15, 0.2) is 54.6 Å². The van der Waals surface area contributed by atoms with Crippen LogP contribution in [0.25, 0.3) is 0 Å². The molecule has 1 amide bonds. The highest BCUT2D eigenvalue weighted by molar-refractivity contribution is 7.18. The maximum Gasteiger partial charge on any atom is 0.348 e. The van der Waals surface area contributed by atoms with E-state index in [9.17, 15) is 14.4 Å². The first-order chi connectivity index (χ1) is 14.4. The number of hydrogen-bond acceptors (Lipinski definition) is 7. The van der Waals surface area contributed by atoms with Crippen molar-refractivity contribution >= 4 is 34.2 Å². The average molecular weight is 425 g/mol. The van der Waals surface area contributed by atoms with Crippen molar-refractivity contribution in [3.8, 4) is 11.5 Å². The Balaban J connectivity index is 1.88. The van der Waals surface area contributed by atoms with Gasteiger partial charge in [0.25, 0.3) is 5.91 Å². The number of carbonyl (C=O) groups is 3. The van der Waals surface area contributed by atoms with Gasteiger partial charge < -0.3 is 19.5 Å². The molecule has 0 saturated heterocycles. The SMILES string of the molecule is COC(=O)c1sc(NC(=O)c2cccc(Oc3ccccc3)c2)c(C(=O)OC)c1C. The van der Waals surface area contributed by atoms with Crippen molar-refractivity contribution in [1.29, 1.82) is 0 Å². The van der Waals surface area contributed by atoms with E-state index in [-0.39, 0.29) is 15.4 Å². The van der Waals surface area contributed by atoms with Gasteiger partial charge >= 0.3 is 11.9 Å². The first kappa shape index (κ1) is 21.1. The molecule has 0 bridgehead atoms. The van der Waals surface area contributed by atoms with Gasteiger partial charge in [0.1, 0.15) is 21.4 Å². The lowest BCUT2D eigenvalue weighted by Crippen LogP contribution is -2.14. The molecule has 0 spiro atoms. The summed E-state index contributed by atoms with van der Waals surface area (Å²) in [6.07, 6.45) is 0. The molecule has 8 heteroatoms. The minimum atomic E-state index is -0.657. The summed E-state index contributed by atoms with van der Waals surface area (Å²) in [5.41, 5.74) is 0.827. The van der Waals surface area contributed by atoms with Crippen LogP contribution in [0.2, 0.25) is 0 Å². The Bertz CT molecular complexity index is 1090. The second-order valence-corrected chi connectivity index (χ2v) is 7.16. The number of methoxy groups -OCH3 is 2. The predicted octanol–water partition coefficient (Wildman–Crippen LogP) is 4.67. The van der Waals surface area contributed by atoms with Crippen LogP contribution in [0.3, 0.4) is 0 Å². The lowest BCUT2D eigenvalue weighted by atomic mass is 10.1. The summed E-state index contributed by atoms with van der Waals surface area (Å²) in [5, 5.41) is 2.90. The molecular weight excluding hydrogens is 406 g/mol. The van der Waals surface area contributed by atoms with Crippen LogP contribution in [-0.4, -0.2) is 32.1 Å². The summed E-state index contributed by atoms with van der Waals surface area (Å²) < 4.78 is 15.3. The van der Waals surface area contributed by atoms with E-state index in [1.54, 1.807) is 43.3 Å². The van der Waals surface area contributed by atoms with Crippen LogP contribution >= 0.6 is 11.3 Å². The van der Waals surface area contributed by atoms with Crippen molar-refractivity contribution in [2.24, 2.45) is 0 Å². The summed E-state index contributed by atoms with van der Waals surface area (Å²) in [4.78, 5) is 37.2. The Morgan fingerprint density at radius 1 is 0.867 bits per heavy atom. The third-order valence-electron chi connectivity index (χ3n) is 4.21. The average Bonchev–Trinajstić information content (AvgIpc) is 3.09. The number of ether oxygens (including phenoxy) is 3. The molecule has 3 aromatic rings. The van der Waals surface area contributed by atoms with E-state index < -0.39 is 17.8 Å². The van der Waals surface area contributed by atoms with Crippen LogP contribution in [0.4, 0.5) is 5.00 Å². The van der Waals surface area contributed by atoms with Crippen LogP contribution in [0, 0.1) is 6.92 Å². The van der Waals surface area contributed by atoms with Crippen molar-refractivity contribution in [2.45, 2.75) is 6.92 Å². The van der Waals surface area contributed by atoms with Crippen molar-refractivity contribution in [2.75, 3.05) is 19.5 Å². The fraction of sp³-hybridized carbons (Fsp3) is 0.136. The largest absolute Gasteiger partial charge is 0.465 e. The summed E-state index contributed by atoms with van der Waals surface area (Å²) in [7, 11) is 2.48. The van der Waals surface area contributed by atoms with E-state index >= 15 is 0 Å². The summed E-state index contributed by atoms with van der Waals surface area (Å²) in [5.74, 6) is -0.590. The van der Waals surface area contributed by atoms with Crippen molar-refractivity contribution in [3.05, 3.63) is 76.2 Å². The van der Waals surface area contributed by atoms with E-state index in [1.165, 1.54) is 14.2 Å². The molecule has 0 unspecified atom stereocenters. The zero-order valence-corrected chi connectivity index (χ0v) is 17.4. The molecule has 0 aliphatic rings. The monoisotopic (exact) mass is 425 g/mol. The molecular formula is C22H19NO6S. The van der Waals surface area contributed by atoms with Gasteiger partial charge in [0.05, 0.1) is 19.8 Å². The molecule has 7 nitrogen and oxygen atoms in total. The summed E-state index contributed by atoms with van der Waals surface area (Å²) in [6.45, 7) is 1.60. The number of hydrogen-bond donors (Lipinski definition) is 1. The topological polar surface area (TPSA) is 90.9 Å². The maximum atomic E-state index is 12.8. The predicted molar refractivity (Wildman–Crippen MR) is 113 cm³/mol. The number of thiophene rings is 1. The number of carbonyl (C=O) groups excluding carboxylic acids is 3. The molecule has 0 aliphatic carbocycles. The molecule has 0 fully saturated rings. The van der Waals surface area contributed by atoms with Gasteiger partial charge in [-0.1, -0.05) is 24.3 Å². The minimum Gasteiger partial charge on any atom is -0.465 e. The third-order valence-corrected chi connectivity index (χ3v) is 5.40. The molecule has 0 radical (unpaired) electrons. The van der Waals surface area contributed by atoms with Crippen molar-refractivity contribution in [3.63, 3.8) is 0 Å². The lowest BCUT2D eigenvalue weighted by molar-refractivity contribution is 0.0601. The van der Waals surface area contributed by atoms with Crippen LogP contribution in [0.5, 0.6) is 11.5 Å². The van der Waals surface area contributed by atoms with E-state index in [4.69, 9.17) is 14.2 Å².